The van der Waals surface area contributed by atoms with Gasteiger partial charge in [-0.3, -0.25) is 9.59 Å². The zero-order valence-corrected chi connectivity index (χ0v) is 18.3. The lowest BCUT2D eigenvalue weighted by atomic mass is 10.1. The molecule has 0 spiro atoms. The van der Waals surface area contributed by atoms with Crippen LogP contribution in [-0.4, -0.2) is 35.6 Å². The zero-order valence-electron chi connectivity index (χ0n) is 18.3. The molecule has 3 aromatic rings. The summed E-state index contributed by atoms with van der Waals surface area (Å²) < 4.78 is 7.57. The Morgan fingerprint density at radius 2 is 2.00 bits per heavy atom. The van der Waals surface area contributed by atoms with Crippen LogP contribution >= 0.6 is 0 Å². The molecule has 1 fully saturated rings. The van der Waals surface area contributed by atoms with Crippen LogP contribution in [0.1, 0.15) is 35.2 Å². The fraction of sp³-hybridized carbons (Fsp3) is 0.269. The number of rotatable bonds is 8. The predicted octanol–water partition coefficient (Wildman–Crippen LogP) is 4.12. The average Bonchev–Trinajstić information content (AvgIpc) is 3.48. The first kappa shape index (κ1) is 22.3. The summed E-state index contributed by atoms with van der Waals surface area (Å²) in [5, 5.41) is 15.6. The molecule has 7 nitrogen and oxygen atoms in total. The summed E-state index contributed by atoms with van der Waals surface area (Å²) in [4.78, 5) is 25.3. The minimum absolute atomic E-state index is 0.0499. The smallest absolute Gasteiger partial charge is 0.253 e. The number of carbonyl (C=O) groups is 2. The molecule has 1 aromatic heterocycles. The summed E-state index contributed by atoms with van der Waals surface area (Å²) in [6, 6.07) is 17.0. The molecule has 1 atom stereocenters. The zero-order chi connectivity index (χ0) is 23.0. The molecule has 1 saturated heterocycles. The highest BCUT2D eigenvalue weighted by Crippen LogP contribution is 2.23. The number of nitriles is 1. The van der Waals surface area contributed by atoms with Gasteiger partial charge in [0, 0.05) is 48.4 Å². The summed E-state index contributed by atoms with van der Waals surface area (Å²) in [6.45, 7) is 1.78. The standard InChI is InChI=1S/C26H26N4O3/c27-14-6-15-30-18-19(21-8-2-4-11-24(21)30)12-13-25(31)29-23-10-3-1-9-22(23)26(32)28-17-20-7-5-16-33-20/h1-4,8-13,18,20H,5-7,15-17H2,(H,28,32)(H,29,31)/b13-12+. The van der Waals surface area contributed by atoms with Crippen LogP contribution in [0.3, 0.4) is 0 Å². The van der Waals surface area contributed by atoms with E-state index in [0.29, 0.717) is 30.8 Å². The van der Waals surface area contributed by atoms with Crippen molar-refractivity contribution in [2.24, 2.45) is 0 Å². The lowest BCUT2D eigenvalue weighted by Crippen LogP contribution is -2.32. The van der Waals surface area contributed by atoms with Crippen molar-refractivity contribution in [1.82, 2.24) is 9.88 Å². The SMILES string of the molecule is N#CCCn1cc(/C=C/C(=O)Nc2ccccc2C(=O)NCC2CCCO2)c2ccccc21. The second kappa shape index (κ2) is 10.6. The van der Waals surface area contributed by atoms with Crippen LogP contribution in [0.2, 0.25) is 0 Å². The number of hydrogen-bond donors (Lipinski definition) is 2. The van der Waals surface area contributed by atoms with E-state index in [1.807, 2.05) is 35.0 Å². The summed E-state index contributed by atoms with van der Waals surface area (Å²) in [5.41, 5.74) is 2.76. The van der Waals surface area contributed by atoms with Crippen LogP contribution in [0, 0.1) is 11.3 Å². The van der Waals surface area contributed by atoms with E-state index >= 15 is 0 Å². The van der Waals surface area contributed by atoms with Crippen molar-refractivity contribution < 1.29 is 14.3 Å². The Morgan fingerprint density at radius 3 is 2.82 bits per heavy atom. The lowest BCUT2D eigenvalue weighted by molar-refractivity contribution is -0.111. The Labute approximate surface area is 192 Å². The van der Waals surface area contributed by atoms with E-state index < -0.39 is 0 Å². The van der Waals surface area contributed by atoms with E-state index in [9.17, 15) is 9.59 Å². The van der Waals surface area contributed by atoms with Gasteiger partial charge in [-0.1, -0.05) is 30.3 Å². The highest BCUT2D eigenvalue weighted by Gasteiger charge is 2.18. The van der Waals surface area contributed by atoms with Gasteiger partial charge in [0.2, 0.25) is 5.91 Å². The average molecular weight is 443 g/mol. The fourth-order valence-electron chi connectivity index (χ4n) is 4.00. The minimum Gasteiger partial charge on any atom is -0.376 e. The summed E-state index contributed by atoms with van der Waals surface area (Å²) in [5.74, 6) is -0.575. The number of nitrogens with zero attached hydrogens (tertiary/aromatic N) is 2. The van der Waals surface area contributed by atoms with Crippen molar-refractivity contribution in [2.75, 3.05) is 18.5 Å². The first-order valence-electron chi connectivity index (χ1n) is 11.1. The number of aromatic nitrogens is 1. The molecule has 0 aliphatic carbocycles. The number of ether oxygens (including phenoxy) is 1. The highest BCUT2D eigenvalue weighted by molar-refractivity contribution is 6.08. The molecule has 33 heavy (non-hydrogen) atoms. The van der Waals surface area contributed by atoms with Crippen LogP contribution in [0.25, 0.3) is 17.0 Å². The summed E-state index contributed by atoms with van der Waals surface area (Å²) in [7, 11) is 0. The Morgan fingerprint density at radius 1 is 1.18 bits per heavy atom. The van der Waals surface area contributed by atoms with Crippen molar-refractivity contribution in [3.63, 3.8) is 0 Å². The van der Waals surface area contributed by atoms with Gasteiger partial charge in [-0.2, -0.15) is 5.26 Å². The number of hydrogen-bond acceptors (Lipinski definition) is 4. The van der Waals surface area contributed by atoms with Gasteiger partial charge < -0.3 is 19.9 Å². The molecule has 1 unspecified atom stereocenters. The van der Waals surface area contributed by atoms with Gasteiger partial charge in [0.15, 0.2) is 0 Å². The Balaban J connectivity index is 1.45. The van der Waals surface area contributed by atoms with Crippen molar-refractivity contribution in [2.45, 2.75) is 31.9 Å². The van der Waals surface area contributed by atoms with Crippen molar-refractivity contribution in [3.8, 4) is 6.07 Å². The molecule has 2 N–H and O–H groups in total. The van der Waals surface area contributed by atoms with Crippen LogP contribution < -0.4 is 10.6 Å². The van der Waals surface area contributed by atoms with Gasteiger partial charge in [-0.15, -0.1) is 0 Å². The molecule has 4 rings (SSSR count). The number of benzene rings is 2. The maximum atomic E-state index is 12.7. The van der Waals surface area contributed by atoms with Crippen molar-refractivity contribution in [1.29, 1.82) is 5.26 Å². The quantitative estimate of drug-likeness (QED) is 0.513. The molecule has 1 aliphatic heterocycles. The molecule has 1 aliphatic rings. The number of nitrogens with one attached hydrogen (secondary N) is 2. The summed E-state index contributed by atoms with van der Waals surface area (Å²) in [6.07, 6.45) is 7.56. The molecule has 0 radical (unpaired) electrons. The first-order chi connectivity index (χ1) is 16.2. The third kappa shape index (κ3) is 5.48. The lowest BCUT2D eigenvalue weighted by Gasteiger charge is -2.13. The van der Waals surface area contributed by atoms with Gasteiger partial charge in [-0.05, 0) is 37.1 Å². The van der Waals surface area contributed by atoms with Crippen LogP contribution in [0.15, 0.2) is 60.8 Å². The maximum absolute atomic E-state index is 12.7. The summed E-state index contributed by atoms with van der Waals surface area (Å²) >= 11 is 0. The number of para-hydroxylation sites is 2. The molecular formula is C26H26N4O3. The number of amides is 2. The van der Waals surface area contributed by atoms with E-state index in [4.69, 9.17) is 10.00 Å². The Kier molecular flexibility index (Phi) is 7.18. The third-order valence-electron chi connectivity index (χ3n) is 5.64. The van der Waals surface area contributed by atoms with Crippen LogP contribution in [-0.2, 0) is 16.1 Å². The first-order valence-corrected chi connectivity index (χ1v) is 11.1. The van der Waals surface area contributed by atoms with Crippen molar-refractivity contribution in [3.05, 3.63) is 71.9 Å². The molecule has 7 heteroatoms. The van der Waals surface area contributed by atoms with E-state index in [1.54, 1.807) is 30.3 Å². The topological polar surface area (TPSA) is 96.2 Å². The van der Waals surface area contributed by atoms with E-state index in [1.165, 1.54) is 6.08 Å². The molecule has 0 bridgehead atoms. The van der Waals surface area contributed by atoms with Crippen molar-refractivity contribution >= 4 is 34.5 Å². The Bertz CT molecular complexity index is 1220. The molecule has 2 amide bonds. The largest absolute Gasteiger partial charge is 0.376 e. The number of anilines is 1. The van der Waals surface area contributed by atoms with Gasteiger partial charge in [0.25, 0.3) is 5.91 Å². The molecular weight excluding hydrogens is 416 g/mol. The monoisotopic (exact) mass is 442 g/mol. The molecule has 2 aromatic carbocycles. The van der Waals surface area contributed by atoms with Gasteiger partial charge in [0.05, 0.1) is 29.8 Å². The normalized spacial score (nSPS) is 15.5. The molecule has 168 valence electrons. The predicted molar refractivity (Wildman–Crippen MR) is 128 cm³/mol. The van der Waals surface area contributed by atoms with Crippen LogP contribution in [0.4, 0.5) is 5.69 Å². The second-order valence-corrected chi connectivity index (χ2v) is 7.92. The van der Waals surface area contributed by atoms with Gasteiger partial charge in [-0.25, -0.2) is 0 Å². The maximum Gasteiger partial charge on any atom is 0.253 e. The van der Waals surface area contributed by atoms with Gasteiger partial charge in [0.1, 0.15) is 0 Å². The second-order valence-electron chi connectivity index (χ2n) is 7.92. The number of aryl methyl sites for hydroxylation is 1. The third-order valence-corrected chi connectivity index (χ3v) is 5.64. The number of carbonyl (C=O) groups excluding carboxylic acids is 2. The minimum atomic E-state index is -0.330. The van der Waals surface area contributed by atoms with Crippen LogP contribution in [0.5, 0.6) is 0 Å². The number of fused-ring (bicyclic) bond motifs is 1. The molecule has 0 saturated carbocycles. The fourth-order valence-corrected chi connectivity index (χ4v) is 4.00. The highest BCUT2D eigenvalue weighted by atomic mass is 16.5. The van der Waals surface area contributed by atoms with E-state index in [-0.39, 0.29) is 17.9 Å². The van der Waals surface area contributed by atoms with E-state index in [2.05, 4.69) is 16.7 Å². The Hall–Kier alpha value is -3.89. The molecule has 2 heterocycles. The van der Waals surface area contributed by atoms with E-state index in [0.717, 1.165) is 35.9 Å². The van der Waals surface area contributed by atoms with Gasteiger partial charge >= 0.3 is 0 Å².